The first-order chi connectivity index (χ1) is 18.1. The Morgan fingerprint density at radius 1 is 1.11 bits per heavy atom. The number of nitrogens with zero attached hydrogens (tertiary/aromatic N) is 9. The molecule has 4 aromatic heterocycles. The molecular weight excluding hydrogens is 511 g/mol. The molecule has 0 fully saturated rings. The Morgan fingerprint density at radius 2 is 1.84 bits per heavy atom. The van der Waals surface area contributed by atoms with Gasteiger partial charge in [0, 0.05) is 29.6 Å². The van der Waals surface area contributed by atoms with Crippen molar-refractivity contribution in [3.05, 3.63) is 72.0 Å². The Balaban J connectivity index is 1.70. The van der Waals surface area contributed by atoms with Crippen molar-refractivity contribution in [2.24, 2.45) is 0 Å². The Hall–Kier alpha value is -5.00. The van der Waals surface area contributed by atoms with E-state index >= 15 is 0 Å². The van der Waals surface area contributed by atoms with E-state index in [1.165, 1.54) is 23.2 Å². The highest BCUT2D eigenvalue weighted by Crippen LogP contribution is 2.40. The molecule has 4 heterocycles. The van der Waals surface area contributed by atoms with Crippen LogP contribution in [0.4, 0.5) is 27.8 Å². The molecule has 0 aliphatic carbocycles. The van der Waals surface area contributed by atoms with Crippen LogP contribution in [0.15, 0.2) is 43.1 Å². The van der Waals surface area contributed by atoms with Crippen LogP contribution >= 0.6 is 0 Å². The molecule has 0 unspecified atom stereocenters. The molecule has 38 heavy (non-hydrogen) atoms. The third kappa shape index (κ3) is 4.05. The molecule has 0 aliphatic rings. The molecule has 0 spiro atoms. The number of hydrogen-bond donors (Lipinski definition) is 1. The zero-order valence-corrected chi connectivity index (χ0v) is 19.3. The lowest BCUT2D eigenvalue weighted by Gasteiger charge is -2.16. The average molecular weight is 526 g/mol. The summed E-state index contributed by atoms with van der Waals surface area (Å²) in [6, 6.07) is 4.36. The molecule has 15 heteroatoms. The normalized spacial score (nSPS) is 12.6. The molecule has 10 nitrogen and oxygen atoms in total. The molecule has 1 atom stereocenters. The molecule has 2 N–H and O–H groups in total. The Labute approximate surface area is 210 Å². The molecule has 0 aliphatic heterocycles. The van der Waals surface area contributed by atoms with Crippen LogP contribution in [0.1, 0.15) is 36.6 Å². The minimum Gasteiger partial charge on any atom is -0.383 e. The lowest BCUT2D eigenvalue weighted by Crippen LogP contribution is -2.13. The summed E-state index contributed by atoms with van der Waals surface area (Å²) in [5.41, 5.74) is 6.80. The van der Waals surface area contributed by atoms with E-state index < -0.39 is 29.7 Å². The van der Waals surface area contributed by atoms with Crippen LogP contribution in [0.3, 0.4) is 0 Å². The standard InChI is InChI=1S/C23H15F5N10/c1-2-15(14-9-37(36-35-14)16-4-3-12(24)5-13(16)25)38-17(6-29)18(19-20(30)33-10-34-21(19)38)11-7-31-22(32-8-11)23(26,27)28/h3-5,7-10,15H,2H2,1H3,(H2,30,33,34)/t15-/m0/s1. The minimum atomic E-state index is -4.75. The topological polar surface area (TPSA) is 137 Å². The number of anilines is 1. The van der Waals surface area contributed by atoms with Crippen LogP contribution in [0, 0.1) is 23.0 Å². The van der Waals surface area contributed by atoms with Gasteiger partial charge in [-0.2, -0.15) is 18.4 Å². The molecule has 1 aromatic carbocycles. The fourth-order valence-corrected chi connectivity index (χ4v) is 4.19. The van der Waals surface area contributed by atoms with Crippen molar-refractivity contribution in [3.63, 3.8) is 0 Å². The summed E-state index contributed by atoms with van der Waals surface area (Å²) < 4.78 is 69.4. The van der Waals surface area contributed by atoms with E-state index in [2.05, 4.69) is 36.3 Å². The maximum absolute atomic E-state index is 14.3. The van der Waals surface area contributed by atoms with Crippen molar-refractivity contribution in [1.82, 2.24) is 39.5 Å². The van der Waals surface area contributed by atoms with Gasteiger partial charge in [0.15, 0.2) is 5.82 Å². The molecule has 5 aromatic rings. The maximum atomic E-state index is 14.3. The summed E-state index contributed by atoms with van der Waals surface area (Å²) in [6.07, 6.45) is 0.0715. The summed E-state index contributed by atoms with van der Waals surface area (Å²) >= 11 is 0. The van der Waals surface area contributed by atoms with E-state index in [9.17, 15) is 27.2 Å². The summed E-state index contributed by atoms with van der Waals surface area (Å²) in [6.45, 7) is 1.79. The van der Waals surface area contributed by atoms with Crippen LogP contribution in [0.2, 0.25) is 0 Å². The van der Waals surface area contributed by atoms with Crippen molar-refractivity contribution in [2.75, 3.05) is 5.73 Å². The van der Waals surface area contributed by atoms with Gasteiger partial charge in [0.25, 0.3) is 0 Å². The Kier molecular flexibility index (Phi) is 5.94. The number of nitrogen functional groups attached to an aromatic ring is 1. The lowest BCUT2D eigenvalue weighted by atomic mass is 10.1. The largest absolute Gasteiger partial charge is 0.451 e. The first-order valence-electron chi connectivity index (χ1n) is 11.0. The predicted octanol–water partition coefficient (Wildman–Crippen LogP) is 4.22. The summed E-state index contributed by atoms with van der Waals surface area (Å²) in [4.78, 5) is 15.1. The van der Waals surface area contributed by atoms with Crippen LogP contribution < -0.4 is 5.73 Å². The van der Waals surface area contributed by atoms with Crippen LogP contribution in [0.5, 0.6) is 0 Å². The quantitative estimate of drug-likeness (QED) is 0.336. The summed E-state index contributed by atoms with van der Waals surface area (Å²) in [5.74, 6) is -2.98. The third-order valence-corrected chi connectivity index (χ3v) is 5.82. The Bertz CT molecular complexity index is 1700. The van der Waals surface area contributed by atoms with Gasteiger partial charge in [-0.05, 0) is 18.6 Å². The average Bonchev–Trinajstić information content (AvgIpc) is 3.48. The molecule has 0 saturated carbocycles. The predicted molar refractivity (Wildman–Crippen MR) is 122 cm³/mol. The van der Waals surface area contributed by atoms with Crippen molar-refractivity contribution in [3.8, 4) is 22.9 Å². The molecule has 5 rings (SSSR count). The lowest BCUT2D eigenvalue weighted by molar-refractivity contribution is -0.144. The fourth-order valence-electron chi connectivity index (χ4n) is 4.19. The van der Waals surface area contributed by atoms with Gasteiger partial charge in [-0.25, -0.2) is 33.4 Å². The van der Waals surface area contributed by atoms with Crippen LogP contribution in [-0.2, 0) is 6.18 Å². The van der Waals surface area contributed by atoms with E-state index in [0.29, 0.717) is 18.2 Å². The van der Waals surface area contributed by atoms with E-state index in [4.69, 9.17) is 5.73 Å². The molecule has 0 radical (unpaired) electrons. The van der Waals surface area contributed by atoms with Gasteiger partial charge in [0.2, 0.25) is 5.82 Å². The monoisotopic (exact) mass is 526 g/mol. The number of halogens is 5. The summed E-state index contributed by atoms with van der Waals surface area (Å²) in [7, 11) is 0. The number of alkyl halides is 3. The second-order valence-corrected chi connectivity index (χ2v) is 8.06. The molecule has 0 saturated heterocycles. The first kappa shape index (κ1) is 24.7. The van der Waals surface area contributed by atoms with Gasteiger partial charge in [0.1, 0.15) is 46.8 Å². The van der Waals surface area contributed by atoms with Crippen molar-refractivity contribution >= 4 is 16.9 Å². The van der Waals surface area contributed by atoms with Gasteiger partial charge in [-0.1, -0.05) is 12.1 Å². The van der Waals surface area contributed by atoms with Crippen molar-refractivity contribution < 1.29 is 22.0 Å². The highest BCUT2D eigenvalue weighted by atomic mass is 19.4. The molecule has 192 valence electrons. The number of benzene rings is 1. The van der Waals surface area contributed by atoms with Crippen LogP contribution in [0.25, 0.3) is 27.8 Å². The highest BCUT2D eigenvalue weighted by Gasteiger charge is 2.35. The molecule has 0 amide bonds. The smallest absolute Gasteiger partial charge is 0.383 e. The van der Waals surface area contributed by atoms with E-state index in [1.807, 2.05) is 0 Å². The summed E-state index contributed by atoms with van der Waals surface area (Å²) in [5, 5.41) is 18.5. The van der Waals surface area contributed by atoms with Gasteiger partial charge in [-0.15, -0.1) is 5.10 Å². The van der Waals surface area contributed by atoms with Crippen molar-refractivity contribution in [1.29, 1.82) is 5.26 Å². The molecular formula is C23H15F5N10. The van der Waals surface area contributed by atoms with E-state index in [0.717, 1.165) is 23.1 Å². The maximum Gasteiger partial charge on any atom is 0.451 e. The van der Waals surface area contributed by atoms with Gasteiger partial charge in [0.05, 0.1) is 17.6 Å². The number of nitriles is 1. The molecule has 0 bridgehead atoms. The number of hydrogen-bond acceptors (Lipinski definition) is 8. The Morgan fingerprint density at radius 3 is 2.47 bits per heavy atom. The second-order valence-electron chi connectivity index (χ2n) is 8.06. The van der Waals surface area contributed by atoms with E-state index in [1.54, 1.807) is 6.92 Å². The van der Waals surface area contributed by atoms with Crippen molar-refractivity contribution in [2.45, 2.75) is 25.6 Å². The number of rotatable bonds is 5. The number of fused-ring (bicyclic) bond motifs is 1. The van der Waals surface area contributed by atoms with Crippen LogP contribution in [-0.4, -0.2) is 39.5 Å². The van der Waals surface area contributed by atoms with E-state index in [-0.39, 0.29) is 39.4 Å². The third-order valence-electron chi connectivity index (χ3n) is 5.82. The number of aromatic nitrogens is 8. The zero-order valence-electron chi connectivity index (χ0n) is 19.3. The highest BCUT2D eigenvalue weighted by molar-refractivity contribution is 6.03. The van der Waals surface area contributed by atoms with Gasteiger partial charge < -0.3 is 10.3 Å². The SMILES string of the molecule is CC[C@@H](c1cn(-c2ccc(F)cc2F)nn1)n1c(C#N)c(-c2cnc(C(F)(F)F)nc2)c2c(N)ncnc21. The fraction of sp³-hybridized carbons (Fsp3) is 0.174. The second kappa shape index (κ2) is 9.14. The minimum absolute atomic E-state index is 0.00933. The van der Waals surface area contributed by atoms with Gasteiger partial charge >= 0.3 is 6.18 Å². The number of nitrogens with two attached hydrogens (primary N) is 1. The first-order valence-corrected chi connectivity index (χ1v) is 11.0. The zero-order chi connectivity index (χ0) is 27.2. The van der Waals surface area contributed by atoms with Gasteiger partial charge in [-0.3, -0.25) is 0 Å².